The van der Waals surface area contributed by atoms with E-state index in [9.17, 15) is 19.8 Å². The lowest BCUT2D eigenvalue weighted by atomic mass is 9.75. The van der Waals surface area contributed by atoms with Gasteiger partial charge in [-0.1, -0.05) is 132 Å². The van der Waals surface area contributed by atoms with Gasteiger partial charge in [-0.15, -0.1) is 0 Å². The van der Waals surface area contributed by atoms with Crippen LogP contribution in [0.2, 0.25) is 0 Å². The van der Waals surface area contributed by atoms with Crippen LogP contribution >= 0.6 is 12.2 Å². The fourth-order valence-corrected chi connectivity index (χ4v) is 8.50. The number of unbranched alkanes of at least 4 members (excludes halogenated alkanes) is 8. The Kier molecular flexibility index (Phi) is 17.1. The first-order chi connectivity index (χ1) is 26.1. The Bertz CT molecular complexity index is 1440. The normalized spacial score (nSPS) is 19.6. The third-order valence-corrected chi connectivity index (χ3v) is 11.2. The number of allylic oxidation sites excluding steroid dienone is 1. The predicted octanol–water partition coefficient (Wildman–Crippen LogP) is 8.96. The Morgan fingerprint density at radius 2 is 1.46 bits per heavy atom. The number of rotatable bonds is 24. The van der Waals surface area contributed by atoms with Crippen LogP contribution < -0.4 is 0 Å². The smallest absolute Gasteiger partial charge is 0.336 e. The molecular formula is C44H63NO8S. The zero-order chi connectivity index (χ0) is 39.0. The number of benzene rings is 2. The summed E-state index contributed by atoms with van der Waals surface area (Å²) in [6, 6.07) is 18.7. The average molecular weight is 766 g/mol. The molecule has 2 aliphatic heterocycles. The average Bonchev–Trinajstić information content (AvgIpc) is 3.77. The molecule has 9 nitrogen and oxygen atoms in total. The van der Waals surface area contributed by atoms with E-state index >= 15 is 0 Å². The maximum atomic E-state index is 14.9. The van der Waals surface area contributed by atoms with Crippen molar-refractivity contribution < 1.29 is 38.7 Å². The monoisotopic (exact) mass is 765 g/mol. The zero-order valence-electron chi connectivity index (χ0n) is 32.9. The zero-order valence-corrected chi connectivity index (χ0v) is 33.7. The van der Waals surface area contributed by atoms with Gasteiger partial charge in [0.05, 0.1) is 25.2 Å². The summed E-state index contributed by atoms with van der Waals surface area (Å²) in [4.78, 5) is 29.3. The molecule has 2 saturated heterocycles. The van der Waals surface area contributed by atoms with Gasteiger partial charge in [-0.25, -0.2) is 4.79 Å². The van der Waals surface area contributed by atoms with Crippen LogP contribution in [0, 0.1) is 11.8 Å². The number of aliphatic hydroxyl groups is 1. The first-order valence-electron chi connectivity index (χ1n) is 20.1. The molecule has 2 aromatic carbocycles. The van der Waals surface area contributed by atoms with Gasteiger partial charge in [0.1, 0.15) is 0 Å². The second kappa shape index (κ2) is 21.2. The number of methoxy groups -OCH3 is 1. The Labute approximate surface area is 328 Å². The molecular weight excluding hydrogens is 703 g/mol. The fraction of sp³-hybridized carbons (Fsp3) is 0.614. The molecule has 298 valence electrons. The first-order valence-corrected chi connectivity index (χ1v) is 20.5. The van der Waals surface area contributed by atoms with Gasteiger partial charge in [0.25, 0.3) is 5.17 Å². The van der Waals surface area contributed by atoms with Crippen molar-refractivity contribution in [3.63, 3.8) is 0 Å². The lowest BCUT2D eigenvalue weighted by Crippen LogP contribution is -2.56. The molecule has 0 bridgehead atoms. The standard InChI is InChI=1S/C44H63NO8S/c1-5-6-7-11-20-28-42(51-32-33-52-42)29-21-12-9-8-10-19-27-37(43(49,40(47)48)30-22-31-50-4)39(46)45-38(34(2)3)44(53-41(45)54,35-23-15-13-16-24-35)36-25-17-14-18-26-36/h13-19,23-27,34,37-38,49H,5-12,20-22,28-33H2,1-4H3,(H,47,48)/b27-19+/t37-,38+,43+/m1/s1. The van der Waals surface area contributed by atoms with Gasteiger partial charge in [0, 0.05) is 37.7 Å². The van der Waals surface area contributed by atoms with Crippen LogP contribution in [0.5, 0.6) is 0 Å². The number of ether oxygens (including phenoxy) is 4. The number of aliphatic carboxylic acids is 1. The minimum atomic E-state index is -2.40. The van der Waals surface area contributed by atoms with Crippen LogP contribution in [0.4, 0.5) is 0 Å². The highest BCUT2D eigenvalue weighted by molar-refractivity contribution is 7.80. The quantitative estimate of drug-likeness (QED) is 0.0614. The van der Waals surface area contributed by atoms with Gasteiger partial charge >= 0.3 is 5.97 Å². The largest absolute Gasteiger partial charge is 0.479 e. The van der Waals surface area contributed by atoms with E-state index in [-0.39, 0.29) is 30.5 Å². The number of hydrogen-bond donors (Lipinski definition) is 2. The number of nitrogens with zero attached hydrogens (tertiary/aromatic N) is 1. The Hall–Kier alpha value is -3.15. The number of carboxylic acid groups (broad SMARTS) is 1. The van der Waals surface area contributed by atoms with Crippen molar-refractivity contribution in [1.29, 1.82) is 0 Å². The van der Waals surface area contributed by atoms with Crippen molar-refractivity contribution in [2.24, 2.45) is 11.8 Å². The lowest BCUT2D eigenvalue weighted by Gasteiger charge is -2.39. The summed E-state index contributed by atoms with van der Waals surface area (Å²) >= 11 is 5.85. The topological polar surface area (TPSA) is 115 Å². The summed E-state index contributed by atoms with van der Waals surface area (Å²) in [7, 11) is 1.52. The number of carboxylic acids is 1. The van der Waals surface area contributed by atoms with Crippen molar-refractivity contribution in [3.8, 4) is 0 Å². The molecule has 0 aromatic heterocycles. The molecule has 2 heterocycles. The first kappa shape index (κ1) is 43.6. The summed E-state index contributed by atoms with van der Waals surface area (Å²) in [5.41, 5.74) is -1.92. The SMILES string of the molecule is CCCCCCCC1(CCCCCC/C=C/[C@H](C(=O)N2C(=S)OC(c3ccccc3)(c3ccccc3)[C@@H]2C(C)C)[C@@](O)(CCCOC)C(=O)O)OCCO1. The van der Waals surface area contributed by atoms with Gasteiger partial charge in [-0.2, -0.15) is 0 Å². The molecule has 0 radical (unpaired) electrons. The van der Waals surface area contributed by atoms with Gasteiger partial charge in [0.15, 0.2) is 17.0 Å². The van der Waals surface area contributed by atoms with Crippen LogP contribution in [0.15, 0.2) is 72.8 Å². The highest BCUT2D eigenvalue weighted by atomic mass is 32.1. The van der Waals surface area contributed by atoms with Gasteiger partial charge in [-0.3, -0.25) is 9.69 Å². The van der Waals surface area contributed by atoms with Crippen molar-refractivity contribution in [1.82, 2.24) is 4.90 Å². The lowest BCUT2D eigenvalue weighted by molar-refractivity contribution is -0.169. The number of carbonyl (C=O) groups excluding carboxylic acids is 1. The molecule has 10 heteroatoms. The highest BCUT2D eigenvalue weighted by Crippen LogP contribution is 2.48. The number of hydrogen-bond acceptors (Lipinski definition) is 8. The third-order valence-electron chi connectivity index (χ3n) is 11.0. The number of carbonyl (C=O) groups is 2. The van der Waals surface area contributed by atoms with Gasteiger partial charge in [-0.05, 0) is 56.7 Å². The molecule has 0 aliphatic carbocycles. The molecule has 4 rings (SSSR count). The Morgan fingerprint density at radius 1 is 0.907 bits per heavy atom. The van der Waals surface area contributed by atoms with E-state index in [0.717, 1.165) is 56.1 Å². The van der Waals surface area contributed by atoms with E-state index in [0.29, 0.717) is 19.6 Å². The summed E-state index contributed by atoms with van der Waals surface area (Å²) in [6.07, 6.45) is 15.8. The second-order valence-electron chi connectivity index (χ2n) is 15.2. The highest BCUT2D eigenvalue weighted by Gasteiger charge is 2.60. The van der Waals surface area contributed by atoms with Gasteiger partial charge in [0.2, 0.25) is 5.91 Å². The molecule has 0 spiro atoms. The third kappa shape index (κ3) is 10.6. The molecule has 2 aromatic rings. The summed E-state index contributed by atoms with van der Waals surface area (Å²) < 4.78 is 24.0. The minimum Gasteiger partial charge on any atom is -0.479 e. The summed E-state index contributed by atoms with van der Waals surface area (Å²) in [5.74, 6) is -4.13. The molecule has 0 unspecified atom stereocenters. The predicted molar refractivity (Wildman–Crippen MR) is 215 cm³/mol. The van der Waals surface area contributed by atoms with Crippen LogP contribution in [-0.2, 0) is 34.1 Å². The molecule has 3 atom stereocenters. The Morgan fingerprint density at radius 3 is 1.98 bits per heavy atom. The molecule has 2 fully saturated rings. The summed E-state index contributed by atoms with van der Waals surface area (Å²) in [6.45, 7) is 7.76. The minimum absolute atomic E-state index is 0.0524. The van der Waals surface area contributed by atoms with Crippen molar-refractivity contribution in [2.75, 3.05) is 26.9 Å². The van der Waals surface area contributed by atoms with E-state index in [4.69, 9.17) is 31.2 Å². The van der Waals surface area contributed by atoms with E-state index in [1.54, 1.807) is 6.08 Å². The van der Waals surface area contributed by atoms with E-state index in [1.807, 2.05) is 80.6 Å². The van der Waals surface area contributed by atoms with Crippen LogP contribution in [0.3, 0.4) is 0 Å². The van der Waals surface area contributed by atoms with Crippen molar-refractivity contribution >= 4 is 29.3 Å². The molecule has 0 saturated carbocycles. The molecule has 54 heavy (non-hydrogen) atoms. The molecule has 2 aliphatic rings. The van der Waals surface area contributed by atoms with Crippen LogP contribution in [-0.4, -0.2) is 76.5 Å². The number of thiocarbonyl (C=S) groups is 1. The van der Waals surface area contributed by atoms with Crippen LogP contribution in [0.25, 0.3) is 0 Å². The second-order valence-corrected chi connectivity index (χ2v) is 15.5. The fourth-order valence-electron chi connectivity index (χ4n) is 8.16. The van der Waals surface area contributed by atoms with Gasteiger partial charge < -0.3 is 29.2 Å². The van der Waals surface area contributed by atoms with Crippen molar-refractivity contribution in [2.45, 2.75) is 134 Å². The summed E-state index contributed by atoms with van der Waals surface area (Å²) in [5, 5.41) is 22.4. The van der Waals surface area contributed by atoms with Crippen LogP contribution in [0.1, 0.15) is 122 Å². The Balaban J connectivity index is 1.52. The maximum Gasteiger partial charge on any atom is 0.336 e. The van der Waals surface area contributed by atoms with E-state index in [1.165, 1.54) is 37.7 Å². The van der Waals surface area contributed by atoms with Crippen molar-refractivity contribution in [3.05, 3.63) is 83.9 Å². The number of amides is 1. The maximum absolute atomic E-state index is 14.9. The van der Waals surface area contributed by atoms with E-state index in [2.05, 4.69) is 6.92 Å². The molecule has 2 N–H and O–H groups in total. The van der Waals surface area contributed by atoms with E-state index < -0.39 is 40.8 Å². The molecule has 1 amide bonds.